The molecule has 3 aromatic rings. The van der Waals surface area contributed by atoms with Crippen LogP contribution >= 0.6 is 0 Å². The number of nitrogens with one attached hydrogen (secondary N) is 1. The number of hydrogen-bond donors (Lipinski definition) is 2. The number of ether oxygens (including phenoxy) is 2. The fourth-order valence-corrected chi connectivity index (χ4v) is 4.44. The Morgan fingerprint density at radius 3 is 2.48 bits per heavy atom. The first-order chi connectivity index (χ1) is 16.2. The number of hydrogen-bond acceptors (Lipinski definition) is 9. The van der Waals surface area contributed by atoms with Crippen LogP contribution in [-0.4, -0.2) is 63.5 Å². The summed E-state index contributed by atoms with van der Waals surface area (Å²) in [4.78, 5) is 20.0. The smallest absolute Gasteiger partial charge is 0.222 e. The summed E-state index contributed by atoms with van der Waals surface area (Å²) in [6.07, 6.45) is 10.2. The molecule has 1 saturated carbocycles. The largest absolute Gasteiger partial charge is 0.488 e. The molecule has 0 bridgehead atoms. The van der Waals surface area contributed by atoms with E-state index >= 15 is 0 Å². The predicted octanol–water partition coefficient (Wildman–Crippen LogP) is 3.11. The van der Waals surface area contributed by atoms with Gasteiger partial charge in [-0.05, 0) is 38.7 Å². The van der Waals surface area contributed by atoms with Gasteiger partial charge in [0.25, 0.3) is 0 Å². The highest BCUT2D eigenvalue weighted by Gasteiger charge is 2.24. The van der Waals surface area contributed by atoms with Crippen LogP contribution in [0.5, 0.6) is 5.75 Å². The lowest BCUT2D eigenvalue weighted by Gasteiger charge is -2.31. The highest BCUT2D eigenvalue weighted by Crippen LogP contribution is 2.33. The summed E-state index contributed by atoms with van der Waals surface area (Å²) in [5, 5.41) is 13.0. The van der Waals surface area contributed by atoms with Crippen molar-refractivity contribution in [3.05, 3.63) is 42.5 Å². The van der Waals surface area contributed by atoms with Gasteiger partial charge in [-0.25, -0.2) is 15.0 Å². The Kier molecular flexibility index (Phi) is 6.50. The number of benzene rings is 1. The van der Waals surface area contributed by atoms with E-state index in [4.69, 9.17) is 9.47 Å². The molecule has 9 heteroatoms. The maximum Gasteiger partial charge on any atom is 0.222 e. The first kappa shape index (κ1) is 21.8. The molecule has 2 aliphatic rings. The number of anilines is 2. The van der Waals surface area contributed by atoms with Gasteiger partial charge in [-0.15, -0.1) is 0 Å². The minimum atomic E-state index is -0.561. The third-order valence-electron chi connectivity index (χ3n) is 6.36. The second kappa shape index (κ2) is 9.84. The number of morpholine rings is 1. The summed E-state index contributed by atoms with van der Waals surface area (Å²) in [7, 11) is 0. The lowest BCUT2D eigenvalue weighted by atomic mass is 9.93. The first-order valence-electron chi connectivity index (χ1n) is 11.7. The van der Waals surface area contributed by atoms with E-state index in [-0.39, 0.29) is 6.10 Å². The van der Waals surface area contributed by atoms with E-state index in [1.807, 2.05) is 0 Å². The second-order valence-electron chi connectivity index (χ2n) is 8.72. The van der Waals surface area contributed by atoms with Gasteiger partial charge in [-0.1, -0.05) is 0 Å². The van der Waals surface area contributed by atoms with Gasteiger partial charge >= 0.3 is 0 Å². The molecular weight excluding hydrogens is 420 g/mol. The molecule has 0 spiro atoms. The molecule has 3 heterocycles. The number of aliphatic hydroxyl groups excluding tert-OH is 1. The van der Waals surface area contributed by atoms with Crippen molar-refractivity contribution in [1.29, 1.82) is 0 Å². The summed E-state index contributed by atoms with van der Waals surface area (Å²) in [6, 6.07) is 4.49. The number of aliphatic hydroxyl groups is 1. The van der Waals surface area contributed by atoms with Crippen molar-refractivity contribution in [2.75, 3.05) is 36.5 Å². The Labute approximate surface area is 193 Å². The van der Waals surface area contributed by atoms with Crippen molar-refractivity contribution < 1.29 is 14.6 Å². The topological polar surface area (TPSA) is 106 Å². The third-order valence-corrected chi connectivity index (χ3v) is 6.36. The summed E-state index contributed by atoms with van der Waals surface area (Å²) >= 11 is 0. The average Bonchev–Trinajstić information content (AvgIpc) is 2.86. The zero-order valence-corrected chi connectivity index (χ0v) is 18.9. The maximum absolute atomic E-state index is 9.61. The highest BCUT2D eigenvalue weighted by atomic mass is 16.5. The summed E-state index contributed by atoms with van der Waals surface area (Å²) < 4.78 is 12.0. The van der Waals surface area contributed by atoms with Crippen LogP contribution in [0.25, 0.3) is 11.0 Å². The number of rotatable bonds is 6. The average molecular weight is 451 g/mol. The minimum Gasteiger partial charge on any atom is -0.488 e. The Morgan fingerprint density at radius 1 is 1.03 bits per heavy atom. The van der Waals surface area contributed by atoms with E-state index in [0.717, 1.165) is 74.5 Å². The van der Waals surface area contributed by atoms with E-state index in [0.29, 0.717) is 17.6 Å². The zero-order chi connectivity index (χ0) is 22.6. The lowest BCUT2D eigenvalue weighted by molar-refractivity contribution is 0.122. The molecular formula is C24H30N6O3. The van der Waals surface area contributed by atoms with Gasteiger partial charge in [0, 0.05) is 61.2 Å². The second-order valence-corrected chi connectivity index (χ2v) is 8.72. The molecule has 2 fully saturated rings. The summed E-state index contributed by atoms with van der Waals surface area (Å²) in [5.41, 5.74) is 3.48. The summed E-state index contributed by atoms with van der Waals surface area (Å²) in [5.74, 6) is 1.40. The number of fused-ring (bicyclic) bond motifs is 1. The molecule has 0 amide bonds. The van der Waals surface area contributed by atoms with E-state index in [9.17, 15) is 5.11 Å². The van der Waals surface area contributed by atoms with E-state index in [1.54, 1.807) is 31.7 Å². The van der Waals surface area contributed by atoms with Crippen molar-refractivity contribution in [2.45, 2.75) is 50.9 Å². The Balaban J connectivity index is 1.24. The predicted molar refractivity (Wildman–Crippen MR) is 126 cm³/mol. The Morgan fingerprint density at radius 2 is 1.76 bits per heavy atom. The quantitative estimate of drug-likeness (QED) is 0.586. The van der Waals surface area contributed by atoms with Gasteiger partial charge < -0.3 is 24.8 Å². The van der Waals surface area contributed by atoms with Crippen LogP contribution in [0.4, 0.5) is 11.6 Å². The minimum absolute atomic E-state index is 0.131. The standard InChI is InChI=1S/C24H30N6O3/c1-16(31)17-14-27-24(28-15-17)29-18-2-4-20(5-3-18)33-22-13-19(30-8-10-32-11-9-30)12-21-23(22)26-7-6-25-21/h6-7,12-16,18,20,31H,2-5,8-11H2,1H3,(H,27,28,29). The van der Waals surface area contributed by atoms with Crippen molar-refractivity contribution >= 4 is 22.7 Å². The molecule has 33 heavy (non-hydrogen) atoms. The van der Waals surface area contributed by atoms with Gasteiger partial charge in [0.05, 0.1) is 30.9 Å². The molecule has 0 radical (unpaired) electrons. The molecule has 1 atom stereocenters. The van der Waals surface area contributed by atoms with Crippen molar-refractivity contribution in [3.8, 4) is 5.75 Å². The first-order valence-corrected chi connectivity index (χ1v) is 11.7. The van der Waals surface area contributed by atoms with E-state index in [1.165, 1.54) is 0 Å². The molecule has 174 valence electrons. The van der Waals surface area contributed by atoms with Crippen molar-refractivity contribution in [3.63, 3.8) is 0 Å². The molecule has 2 N–H and O–H groups in total. The monoisotopic (exact) mass is 450 g/mol. The lowest BCUT2D eigenvalue weighted by Crippen LogP contribution is -2.36. The van der Waals surface area contributed by atoms with Crippen LogP contribution in [0.1, 0.15) is 44.3 Å². The maximum atomic E-state index is 9.61. The molecule has 9 nitrogen and oxygen atoms in total. The van der Waals surface area contributed by atoms with Crippen LogP contribution in [-0.2, 0) is 4.74 Å². The Bertz CT molecular complexity index is 1060. The molecule has 1 saturated heterocycles. The van der Waals surface area contributed by atoms with Gasteiger partial charge in [0.15, 0.2) is 0 Å². The van der Waals surface area contributed by atoms with Crippen molar-refractivity contribution in [2.24, 2.45) is 0 Å². The number of aromatic nitrogens is 4. The number of nitrogens with zero attached hydrogens (tertiary/aromatic N) is 5. The highest BCUT2D eigenvalue weighted by molar-refractivity contribution is 5.85. The SMILES string of the molecule is CC(O)c1cnc(NC2CCC(Oc3cc(N4CCOCC4)cc4nccnc34)CC2)nc1. The van der Waals surface area contributed by atoms with E-state index in [2.05, 4.69) is 42.3 Å². The van der Waals surface area contributed by atoms with E-state index < -0.39 is 6.10 Å². The van der Waals surface area contributed by atoms with Gasteiger partial charge in [-0.2, -0.15) is 0 Å². The molecule has 2 aromatic heterocycles. The fraction of sp³-hybridized carbons (Fsp3) is 0.500. The van der Waals surface area contributed by atoms with Crippen LogP contribution in [0.2, 0.25) is 0 Å². The molecule has 1 unspecified atom stereocenters. The van der Waals surface area contributed by atoms with Gasteiger partial charge in [-0.3, -0.25) is 4.98 Å². The van der Waals surface area contributed by atoms with Crippen LogP contribution in [0.15, 0.2) is 36.9 Å². The van der Waals surface area contributed by atoms with Crippen LogP contribution < -0.4 is 15.0 Å². The van der Waals surface area contributed by atoms with Gasteiger partial charge in [0.2, 0.25) is 5.95 Å². The van der Waals surface area contributed by atoms with Gasteiger partial charge in [0.1, 0.15) is 11.3 Å². The molecule has 1 aliphatic carbocycles. The fourth-order valence-electron chi connectivity index (χ4n) is 4.44. The van der Waals surface area contributed by atoms with Crippen molar-refractivity contribution in [1.82, 2.24) is 19.9 Å². The normalized spacial score (nSPS) is 22.2. The zero-order valence-electron chi connectivity index (χ0n) is 18.9. The molecule has 1 aromatic carbocycles. The summed E-state index contributed by atoms with van der Waals surface area (Å²) in [6.45, 7) is 4.90. The third kappa shape index (κ3) is 5.15. The molecule has 1 aliphatic heterocycles. The Hall–Kier alpha value is -3.04. The van der Waals surface area contributed by atoms with Crippen LogP contribution in [0, 0.1) is 0 Å². The molecule has 5 rings (SSSR count). The van der Waals surface area contributed by atoms with Crippen LogP contribution in [0.3, 0.4) is 0 Å².